The number of guanidine groups is 1. The van der Waals surface area contributed by atoms with Crippen LogP contribution in [0.3, 0.4) is 0 Å². The van der Waals surface area contributed by atoms with Crippen LogP contribution in [-0.2, 0) is 11.2 Å². The largest absolute Gasteiger partial charge is 0.497 e. The van der Waals surface area contributed by atoms with E-state index in [1.165, 1.54) is 5.56 Å². The summed E-state index contributed by atoms with van der Waals surface area (Å²) in [6, 6.07) is 17.7. The molecule has 6 heteroatoms. The first-order chi connectivity index (χ1) is 13.1. The Morgan fingerprint density at radius 2 is 1.96 bits per heavy atom. The molecule has 2 aromatic rings. The van der Waals surface area contributed by atoms with E-state index in [-0.39, 0.29) is 11.8 Å². The van der Waals surface area contributed by atoms with Crippen LogP contribution in [-0.4, -0.2) is 43.5 Å². The molecule has 0 bridgehead atoms. The summed E-state index contributed by atoms with van der Waals surface area (Å²) in [7, 11) is 1.63. The van der Waals surface area contributed by atoms with E-state index in [9.17, 15) is 4.79 Å². The van der Waals surface area contributed by atoms with Gasteiger partial charge in [0.25, 0.3) is 0 Å². The summed E-state index contributed by atoms with van der Waals surface area (Å²) >= 11 is 0. The molecule has 1 amide bonds. The number of likely N-dealkylation sites (tertiary alicyclic amines) is 1. The number of anilines is 1. The van der Waals surface area contributed by atoms with Crippen molar-refractivity contribution in [3.8, 4) is 5.75 Å². The number of nitrogens with one attached hydrogen (secondary N) is 1. The maximum atomic E-state index is 12.2. The number of benzene rings is 2. The van der Waals surface area contributed by atoms with Crippen LogP contribution < -0.4 is 15.8 Å². The zero-order valence-electron chi connectivity index (χ0n) is 15.6. The molecule has 0 spiro atoms. The zero-order valence-corrected chi connectivity index (χ0v) is 15.6. The van der Waals surface area contributed by atoms with Crippen molar-refractivity contribution in [3.05, 3.63) is 60.2 Å². The molecule has 142 valence electrons. The molecule has 1 aliphatic rings. The Hall–Kier alpha value is -3.02. The lowest BCUT2D eigenvalue weighted by molar-refractivity contribution is -0.127. The van der Waals surface area contributed by atoms with Gasteiger partial charge >= 0.3 is 0 Å². The van der Waals surface area contributed by atoms with Crippen LogP contribution in [0, 0.1) is 5.92 Å². The highest BCUT2D eigenvalue weighted by molar-refractivity contribution is 5.92. The highest BCUT2D eigenvalue weighted by Gasteiger charge is 2.28. The Bertz CT molecular complexity index is 775. The van der Waals surface area contributed by atoms with Crippen LogP contribution in [0.1, 0.15) is 12.0 Å². The number of methoxy groups -OCH3 is 1. The number of ether oxygens (including phenoxy) is 1. The molecule has 3 rings (SSSR count). The summed E-state index contributed by atoms with van der Waals surface area (Å²) in [4.78, 5) is 18.6. The van der Waals surface area contributed by atoms with Crippen LogP contribution in [0.25, 0.3) is 0 Å². The molecule has 0 radical (unpaired) electrons. The minimum Gasteiger partial charge on any atom is -0.497 e. The average molecular weight is 366 g/mol. The van der Waals surface area contributed by atoms with Crippen LogP contribution in [0.5, 0.6) is 5.75 Å². The fraction of sp³-hybridized carbons (Fsp3) is 0.333. The Labute approximate surface area is 160 Å². The minimum atomic E-state index is 0.202. The van der Waals surface area contributed by atoms with E-state index < -0.39 is 0 Å². The molecule has 6 nitrogen and oxygen atoms in total. The molecule has 2 aromatic carbocycles. The van der Waals surface area contributed by atoms with Crippen molar-refractivity contribution in [2.45, 2.75) is 12.8 Å². The van der Waals surface area contributed by atoms with Gasteiger partial charge < -0.3 is 20.7 Å². The summed E-state index contributed by atoms with van der Waals surface area (Å²) in [6.07, 6.45) is 1.41. The smallest absolute Gasteiger partial charge is 0.223 e. The normalized spacial score (nSPS) is 17.2. The third-order valence-electron chi connectivity index (χ3n) is 4.69. The number of carbonyl (C=O) groups is 1. The van der Waals surface area contributed by atoms with Crippen molar-refractivity contribution in [2.75, 3.05) is 32.1 Å². The predicted octanol–water partition coefficient (Wildman–Crippen LogP) is 2.51. The fourth-order valence-electron chi connectivity index (χ4n) is 3.19. The molecule has 3 N–H and O–H groups in total. The summed E-state index contributed by atoms with van der Waals surface area (Å²) in [5.41, 5.74) is 8.07. The van der Waals surface area contributed by atoms with Crippen LogP contribution in [0.15, 0.2) is 59.6 Å². The standard InChI is InChI=1S/C21H26N4O2/c1-27-19-9-7-18(8-10-19)24-21(22)23-14-17-13-20(26)25(15-17)12-11-16-5-3-2-4-6-16/h2-10,17H,11-15H2,1H3,(H3,22,23,24). The van der Waals surface area contributed by atoms with Gasteiger partial charge in [0.1, 0.15) is 5.75 Å². The molecule has 1 atom stereocenters. The lowest BCUT2D eigenvalue weighted by Gasteiger charge is -2.16. The summed E-state index contributed by atoms with van der Waals surface area (Å²) < 4.78 is 5.13. The van der Waals surface area contributed by atoms with Gasteiger partial charge in [0.15, 0.2) is 5.96 Å². The Morgan fingerprint density at radius 3 is 2.67 bits per heavy atom. The molecule has 1 aliphatic heterocycles. The van der Waals surface area contributed by atoms with Gasteiger partial charge in [-0.05, 0) is 36.2 Å². The number of hydrogen-bond donors (Lipinski definition) is 2. The van der Waals surface area contributed by atoms with Crippen LogP contribution in [0.4, 0.5) is 5.69 Å². The van der Waals surface area contributed by atoms with Gasteiger partial charge in [-0.1, -0.05) is 30.3 Å². The zero-order chi connectivity index (χ0) is 19.1. The first-order valence-electron chi connectivity index (χ1n) is 9.16. The van der Waals surface area contributed by atoms with E-state index in [1.54, 1.807) is 7.11 Å². The molecule has 1 unspecified atom stereocenters. The molecule has 1 saturated heterocycles. The Balaban J connectivity index is 1.46. The second-order valence-electron chi connectivity index (χ2n) is 6.72. The van der Waals surface area contributed by atoms with E-state index in [1.807, 2.05) is 47.4 Å². The topological polar surface area (TPSA) is 80.0 Å². The molecule has 27 heavy (non-hydrogen) atoms. The molecule has 1 fully saturated rings. The number of rotatable bonds is 7. The average Bonchev–Trinajstić information content (AvgIpc) is 3.06. The maximum absolute atomic E-state index is 12.2. The number of hydrogen-bond acceptors (Lipinski definition) is 3. The molecule has 1 heterocycles. The summed E-state index contributed by atoms with van der Waals surface area (Å²) in [6.45, 7) is 2.04. The SMILES string of the molecule is COc1ccc(NC(N)=NCC2CC(=O)N(CCc3ccccc3)C2)cc1. The number of nitrogens with zero attached hydrogens (tertiary/aromatic N) is 2. The van der Waals surface area contributed by atoms with Gasteiger partial charge in [0.05, 0.1) is 7.11 Å². The van der Waals surface area contributed by atoms with Crippen LogP contribution >= 0.6 is 0 Å². The molecular weight excluding hydrogens is 340 g/mol. The highest BCUT2D eigenvalue weighted by Crippen LogP contribution is 2.19. The lowest BCUT2D eigenvalue weighted by Crippen LogP contribution is -2.28. The van der Waals surface area contributed by atoms with Crippen molar-refractivity contribution < 1.29 is 9.53 Å². The summed E-state index contributed by atoms with van der Waals surface area (Å²) in [5.74, 6) is 1.56. The van der Waals surface area contributed by atoms with Gasteiger partial charge in [0, 0.05) is 37.7 Å². The van der Waals surface area contributed by atoms with Gasteiger partial charge in [0.2, 0.25) is 5.91 Å². The Kier molecular flexibility index (Phi) is 6.30. The fourth-order valence-corrected chi connectivity index (χ4v) is 3.19. The second-order valence-corrected chi connectivity index (χ2v) is 6.72. The third kappa shape index (κ3) is 5.48. The van der Waals surface area contributed by atoms with Gasteiger partial charge in [-0.2, -0.15) is 0 Å². The van der Waals surface area contributed by atoms with E-state index in [4.69, 9.17) is 10.5 Å². The van der Waals surface area contributed by atoms with Crippen LogP contribution in [0.2, 0.25) is 0 Å². The van der Waals surface area contributed by atoms with E-state index in [0.29, 0.717) is 18.9 Å². The molecular formula is C21H26N4O2. The van der Waals surface area contributed by atoms with Crippen molar-refractivity contribution in [1.82, 2.24) is 4.90 Å². The molecule has 0 aliphatic carbocycles. The predicted molar refractivity (Wildman–Crippen MR) is 108 cm³/mol. The highest BCUT2D eigenvalue weighted by atomic mass is 16.5. The number of aliphatic imine (C=N–C) groups is 1. The van der Waals surface area contributed by atoms with Gasteiger partial charge in [-0.3, -0.25) is 9.79 Å². The van der Waals surface area contributed by atoms with E-state index in [0.717, 1.165) is 30.9 Å². The van der Waals surface area contributed by atoms with E-state index >= 15 is 0 Å². The monoisotopic (exact) mass is 366 g/mol. The lowest BCUT2D eigenvalue weighted by atomic mass is 10.1. The minimum absolute atomic E-state index is 0.202. The molecule has 0 aromatic heterocycles. The number of amides is 1. The Morgan fingerprint density at radius 1 is 1.22 bits per heavy atom. The third-order valence-corrected chi connectivity index (χ3v) is 4.69. The summed E-state index contributed by atoms with van der Waals surface area (Å²) in [5, 5.41) is 3.06. The second kappa shape index (κ2) is 9.07. The van der Waals surface area contributed by atoms with Crippen molar-refractivity contribution in [1.29, 1.82) is 0 Å². The quantitative estimate of drug-likeness (QED) is 0.583. The number of nitrogens with two attached hydrogens (primary N) is 1. The van der Waals surface area contributed by atoms with Crippen molar-refractivity contribution in [2.24, 2.45) is 16.6 Å². The van der Waals surface area contributed by atoms with Crippen molar-refractivity contribution >= 4 is 17.6 Å². The van der Waals surface area contributed by atoms with Crippen molar-refractivity contribution in [3.63, 3.8) is 0 Å². The first-order valence-corrected chi connectivity index (χ1v) is 9.16. The van der Waals surface area contributed by atoms with Gasteiger partial charge in [-0.15, -0.1) is 0 Å². The molecule has 0 saturated carbocycles. The number of carbonyl (C=O) groups excluding carboxylic acids is 1. The van der Waals surface area contributed by atoms with E-state index in [2.05, 4.69) is 22.4 Å². The first kappa shape index (κ1) is 18.8. The maximum Gasteiger partial charge on any atom is 0.223 e. The van der Waals surface area contributed by atoms with Gasteiger partial charge in [-0.25, -0.2) is 0 Å².